The van der Waals surface area contributed by atoms with Crippen molar-refractivity contribution in [2.45, 2.75) is 12.1 Å². The van der Waals surface area contributed by atoms with Crippen LogP contribution >= 0.6 is 0 Å². The van der Waals surface area contributed by atoms with Gasteiger partial charge in [0, 0.05) is 19.1 Å². The molecule has 2 aliphatic rings. The Labute approximate surface area is 65.9 Å². The van der Waals surface area contributed by atoms with Crippen molar-refractivity contribution >= 4 is 5.91 Å². The highest BCUT2D eigenvalue weighted by Crippen LogP contribution is 2.09. The van der Waals surface area contributed by atoms with Gasteiger partial charge < -0.3 is 15.5 Å². The van der Waals surface area contributed by atoms with Crippen molar-refractivity contribution in [2.24, 2.45) is 0 Å². The van der Waals surface area contributed by atoms with Crippen LogP contribution in [0.1, 0.15) is 0 Å². The number of carbonyl (C=O) groups excluding carboxylic acids is 1. The second-order valence-corrected chi connectivity index (χ2v) is 3.38. The molecule has 0 bridgehead atoms. The van der Waals surface area contributed by atoms with Crippen LogP contribution in [0, 0.1) is 0 Å². The third-order valence-corrected chi connectivity index (χ3v) is 2.37. The summed E-state index contributed by atoms with van der Waals surface area (Å²) in [6.45, 7) is 2.50. The van der Waals surface area contributed by atoms with Gasteiger partial charge in [0.1, 0.15) is 0 Å². The Morgan fingerprint density at radius 1 is 1.45 bits per heavy atom. The molecule has 0 aromatic rings. The first-order chi connectivity index (χ1) is 5.25. The van der Waals surface area contributed by atoms with Gasteiger partial charge in [-0.15, -0.1) is 0 Å². The molecule has 2 N–H and O–H groups in total. The molecule has 2 heterocycles. The zero-order valence-electron chi connectivity index (χ0n) is 6.63. The molecule has 62 valence electrons. The minimum absolute atomic E-state index is 0.126. The van der Waals surface area contributed by atoms with Crippen molar-refractivity contribution in [3.05, 3.63) is 0 Å². The number of hydrogen-bond acceptors (Lipinski definition) is 3. The molecular weight excluding hydrogens is 142 g/mol. The van der Waals surface area contributed by atoms with E-state index >= 15 is 0 Å². The van der Waals surface area contributed by atoms with Gasteiger partial charge in [-0.2, -0.15) is 0 Å². The number of fused-ring (bicyclic) bond motifs is 1. The number of likely N-dealkylation sites (tertiary alicyclic amines) is 1. The summed E-state index contributed by atoms with van der Waals surface area (Å²) in [5, 5.41) is 6.17. The van der Waals surface area contributed by atoms with Crippen molar-refractivity contribution in [1.82, 2.24) is 15.5 Å². The summed E-state index contributed by atoms with van der Waals surface area (Å²) in [6.07, 6.45) is 0. The third kappa shape index (κ3) is 1.23. The molecule has 4 nitrogen and oxygen atoms in total. The predicted molar refractivity (Wildman–Crippen MR) is 41.2 cm³/mol. The molecule has 0 aromatic heterocycles. The minimum atomic E-state index is 0.126. The quantitative estimate of drug-likeness (QED) is 0.442. The zero-order valence-corrected chi connectivity index (χ0v) is 6.63. The highest BCUT2D eigenvalue weighted by molar-refractivity contribution is 5.79. The van der Waals surface area contributed by atoms with Crippen LogP contribution in [0.15, 0.2) is 0 Å². The monoisotopic (exact) mass is 155 g/mol. The van der Waals surface area contributed by atoms with Crippen molar-refractivity contribution in [3.8, 4) is 0 Å². The van der Waals surface area contributed by atoms with Gasteiger partial charge in [0.2, 0.25) is 5.91 Å². The summed E-state index contributed by atoms with van der Waals surface area (Å²) in [5.74, 6) is 0.126. The van der Waals surface area contributed by atoms with E-state index in [9.17, 15) is 4.79 Å². The fourth-order valence-electron chi connectivity index (χ4n) is 1.84. The second kappa shape index (κ2) is 2.46. The number of nitrogens with one attached hydrogen (secondary N) is 2. The van der Waals surface area contributed by atoms with E-state index in [4.69, 9.17) is 0 Å². The Kier molecular flexibility index (Phi) is 1.58. The number of hydrogen-bond donors (Lipinski definition) is 2. The van der Waals surface area contributed by atoms with E-state index in [0.29, 0.717) is 18.6 Å². The summed E-state index contributed by atoms with van der Waals surface area (Å²) in [5.41, 5.74) is 0. The van der Waals surface area contributed by atoms with Gasteiger partial charge in [-0.1, -0.05) is 0 Å². The summed E-state index contributed by atoms with van der Waals surface area (Å²) < 4.78 is 0. The summed E-state index contributed by atoms with van der Waals surface area (Å²) in [6, 6.07) is 0.805. The lowest BCUT2D eigenvalue weighted by Gasteiger charge is -2.26. The highest BCUT2D eigenvalue weighted by atomic mass is 16.2. The number of rotatable bonds is 0. The molecule has 2 fully saturated rings. The van der Waals surface area contributed by atoms with E-state index in [1.54, 1.807) is 0 Å². The van der Waals surface area contributed by atoms with Gasteiger partial charge in [-0.05, 0) is 7.05 Å². The number of amides is 1. The average Bonchev–Trinajstić information content (AvgIpc) is 2.27. The van der Waals surface area contributed by atoms with Gasteiger partial charge in [0.25, 0.3) is 0 Å². The smallest absolute Gasteiger partial charge is 0.234 e. The van der Waals surface area contributed by atoms with Gasteiger partial charge in [0.15, 0.2) is 0 Å². The van der Waals surface area contributed by atoms with E-state index in [0.717, 1.165) is 13.1 Å². The van der Waals surface area contributed by atoms with Crippen molar-refractivity contribution < 1.29 is 4.79 Å². The Balaban J connectivity index is 2.02. The van der Waals surface area contributed by atoms with E-state index in [-0.39, 0.29) is 5.91 Å². The Hall–Kier alpha value is -0.610. The van der Waals surface area contributed by atoms with Crippen LogP contribution < -0.4 is 10.6 Å². The van der Waals surface area contributed by atoms with Crippen molar-refractivity contribution in [1.29, 1.82) is 0 Å². The van der Waals surface area contributed by atoms with E-state index < -0.39 is 0 Å². The summed E-state index contributed by atoms with van der Waals surface area (Å²) in [4.78, 5) is 13.2. The number of piperazine rings is 1. The summed E-state index contributed by atoms with van der Waals surface area (Å²) in [7, 11) is 2.08. The lowest BCUT2D eigenvalue weighted by atomic mass is 10.1. The second-order valence-electron chi connectivity index (χ2n) is 3.38. The van der Waals surface area contributed by atoms with Crippen LogP contribution in [-0.4, -0.2) is 49.6 Å². The predicted octanol–water partition coefficient (Wildman–Crippen LogP) is -1.61. The summed E-state index contributed by atoms with van der Waals surface area (Å²) >= 11 is 0. The Morgan fingerprint density at radius 3 is 3.00 bits per heavy atom. The first-order valence-electron chi connectivity index (χ1n) is 3.97. The standard InChI is InChI=1S/C7H13N3O/c1-10-3-5-6(4-10)9-7(11)2-8-5/h5-6,8H,2-4H2,1H3,(H,9,11). The molecule has 2 saturated heterocycles. The maximum absolute atomic E-state index is 10.9. The maximum Gasteiger partial charge on any atom is 0.234 e. The fourth-order valence-corrected chi connectivity index (χ4v) is 1.84. The molecular formula is C7H13N3O. The molecule has 0 spiro atoms. The largest absolute Gasteiger partial charge is 0.349 e. The molecule has 1 amide bonds. The fraction of sp³-hybridized carbons (Fsp3) is 0.857. The first kappa shape index (κ1) is 7.06. The Bertz CT molecular complexity index is 183. The minimum Gasteiger partial charge on any atom is -0.349 e. The molecule has 2 aliphatic heterocycles. The van der Waals surface area contributed by atoms with Gasteiger partial charge in [0.05, 0.1) is 12.6 Å². The van der Waals surface area contributed by atoms with Crippen LogP contribution in [-0.2, 0) is 4.79 Å². The van der Waals surface area contributed by atoms with Crippen LogP contribution in [0.3, 0.4) is 0 Å². The lowest BCUT2D eigenvalue weighted by Crippen LogP contribution is -2.58. The van der Waals surface area contributed by atoms with E-state index in [1.165, 1.54) is 0 Å². The SMILES string of the molecule is CN1CC2NCC(=O)NC2C1. The van der Waals surface area contributed by atoms with Crippen molar-refractivity contribution in [3.63, 3.8) is 0 Å². The molecule has 2 rings (SSSR count). The number of carbonyl (C=O) groups is 1. The number of nitrogens with zero attached hydrogens (tertiary/aromatic N) is 1. The molecule has 2 atom stereocenters. The first-order valence-corrected chi connectivity index (χ1v) is 3.97. The maximum atomic E-state index is 10.9. The van der Waals surface area contributed by atoms with E-state index in [1.807, 2.05) is 0 Å². The topological polar surface area (TPSA) is 44.4 Å². The van der Waals surface area contributed by atoms with Crippen LogP contribution in [0.2, 0.25) is 0 Å². The van der Waals surface area contributed by atoms with Crippen molar-refractivity contribution in [2.75, 3.05) is 26.7 Å². The van der Waals surface area contributed by atoms with Gasteiger partial charge in [-0.25, -0.2) is 0 Å². The molecule has 0 saturated carbocycles. The molecule has 0 radical (unpaired) electrons. The molecule has 11 heavy (non-hydrogen) atoms. The van der Waals surface area contributed by atoms with Gasteiger partial charge >= 0.3 is 0 Å². The lowest BCUT2D eigenvalue weighted by molar-refractivity contribution is -0.122. The van der Waals surface area contributed by atoms with Crippen LogP contribution in [0.5, 0.6) is 0 Å². The van der Waals surface area contributed by atoms with Gasteiger partial charge in [-0.3, -0.25) is 4.79 Å². The zero-order chi connectivity index (χ0) is 7.84. The molecule has 2 unspecified atom stereocenters. The van der Waals surface area contributed by atoms with E-state index in [2.05, 4.69) is 22.6 Å². The molecule has 0 aromatic carbocycles. The molecule has 4 heteroatoms. The van der Waals surface area contributed by atoms with Crippen LogP contribution in [0.4, 0.5) is 0 Å². The average molecular weight is 155 g/mol. The molecule has 0 aliphatic carbocycles. The Morgan fingerprint density at radius 2 is 2.18 bits per heavy atom. The number of likely N-dealkylation sites (N-methyl/N-ethyl adjacent to an activating group) is 1. The van der Waals surface area contributed by atoms with Crippen LogP contribution in [0.25, 0.3) is 0 Å². The highest BCUT2D eigenvalue weighted by Gasteiger charge is 2.34. The normalized spacial score (nSPS) is 38.5. The third-order valence-electron chi connectivity index (χ3n) is 2.37.